The van der Waals surface area contributed by atoms with Crippen LogP contribution in [0.4, 0.5) is 5.69 Å². The number of rotatable bonds is 2. The van der Waals surface area contributed by atoms with E-state index in [1.54, 1.807) is 0 Å². The maximum Gasteiger partial charge on any atom is 0.152 e. The molecule has 0 bridgehead atoms. The quantitative estimate of drug-likeness (QED) is 0.768. The molecule has 80 valence electrons. The van der Waals surface area contributed by atoms with Gasteiger partial charge in [0.15, 0.2) is 6.29 Å². The first-order valence-electron chi connectivity index (χ1n) is 5.20. The van der Waals surface area contributed by atoms with Gasteiger partial charge in [-0.15, -0.1) is 0 Å². The van der Waals surface area contributed by atoms with Crippen LogP contribution in [0.5, 0.6) is 0 Å². The van der Waals surface area contributed by atoms with Gasteiger partial charge in [0, 0.05) is 28.8 Å². The Kier molecular flexibility index (Phi) is 3.10. The summed E-state index contributed by atoms with van der Waals surface area (Å²) < 4.78 is 1.03. The normalized spacial score (nSPS) is 20.7. The molecular formula is C12H14BrNO. The van der Waals surface area contributed by atoms with Crippen LogP contribution in [0.3, 0.4) is 0 Å². The van der Waals surface area contributed by atoms with Crippen molar-refractivity contribution < 1.29 is 4.79 Å². The van der Waals surface area contributed by atoms with Crippen LogP contribution in [0.2, 0.25) is 0 Å². The molecule has 0 aromatic heterocycles. The monoisotopic (exact) mass is 267 g/mol. The third kappa shape index (κ3) is 2.23. The van der Waals surface area contributed by atoms with Gasteiger partial charge in [-0.1, -0.05) is 22.9 Å². The van der Waals surface area contributed by atoms with Crippen LogP contribution >= 0.6 is 15.9 Å². The van der Waals surface area contributed by atoms with Crippen molar-refractivity contribution in [1.29, 1.82) is 0 Å². The van der Waals surface area contributed by atoms with Crippen molar-refractivity contribution in [2.45, 2.75) is 13.3 Å². The van der Waals surface area contributed by atoms with E-state index in [1.807, 2.05) is 18.2 Å². The zero-order valence-corrected chi connectivity index (χ0v) is 10.3. The molecule has 1 aliphatic rings. The van der Waals surface area contributed by atoms with Crippen LogP contribution in [0, 0.1) is 5.92 Å². The van der Waals surface area contributed by atoms with E-state index in [1.165, 1.54) is 6.42 Å². The molecular weight excluding hydrogens is 254 g/mol. The summed E-state index contributed by atoms with van der Waals surface area (Å²) in [5.74, 6) is 0.725. The lowest BCUT2D eigenvalue weighted by Crippen LogP contribution is -2.20. The van der Waals surface area contributed by atoms with Gasteiger partial charge < -0.3 is 4.90 Å². The Morgan fingerprint density at radius 2 is 2.33 bits per heavy atom. The molecule has 3 heteroatoms. The summed E-state index contributed by atoms with van der Waals surface area (Å²) in [6.45, 7) is 4.36. The first-order chi connectivity index (χ1) is 7.20. The number of hydrogen-bond acceptors (Lipinski definition) is 2. The number of hydrogen-bond donors (Lipinski definition) is 0. The van der Waals surface area contributed by atoms with Gasteiger partial charge >= 0.3 is 0 Å². The fourth-order valence-corrected chi connectivity index (χ4v) is 2.39. The van der Waals surface area contributed by atoms with Crippen LogP contribution in [-0.4, -0.2) is 19.4 Å². The van der Waals surface area contributed by atoms with E-state index in [0.717, 1.165) is 41.0 Å². The van der Waals surface area contributed by atoms with E-state index >= 15 is 0 Å². The minimum Gasteiger partial charge on any atom is -0.371 e. The zero-order chi connectivity index (χ0) is 10.8. The highest BCUT2D eigenvalue weighted by Gasteiger charge is 2.20. The van der Waals surface area contributed by atoms with Gasteiger partial charge in [0.2, 0.25) is 0 Å². The lowest BCUT2D eigenvalue weighted by molar-refractivity contribution is 0.112. The summed E-state index contributed by atoms with van der Waals surface area (Å²) in [5.41, 5.74) is 1.84. The Morgan fingerprint density at radius 1 is 1.53 bits per heavy atom. The van der Waals surface area contributed by atoms with E-state index in [4.69, 9.17) is 0 Å². The second kappa shape index (κ2) is 4.35. The smallest absolute Gasteiger partial charge is 0.152 e. The number of carbonyl (C=O) groups excluding carboxylic acids is 1. The second-order valence-corrected chi connectivity index (χ2v) is 5.08. The SMILES string of the molecule is CC1CCN(c2cc(Br)ccc2C=O)C1. The summed E-state index contributed by atoms with van der Waals surface area (Å²) in [6.07, 6.45) is 2.15. The van der Waals surface area contributed by atoms with Crippen molar-refractivity contribution in [2.24, 2.45) is 5.92 Å². The van der Waals surface area contributed by atoms with Crippen molar-refractivity contribution >= 4 is 27.9 Å². The van der Waals surface area contributed by atoms with Crippen molar-refractivity contribution in [3.05, 3.63) is 28.2 Å². The number of halogens is 1. The summed E-state index contributed by atoms with van der Waals surface area (Å²) in [7, 11) is 0. The average molecular weight is 268 g/mol. The van der Waals surface area contributed by atoms with Gasteiger partial charge in [-0.2, -0.15) is 0 Å². The molecule has 1 fully saturated rings. The minimum absolute atomic E-state index is 0.725. The predicted molar refractivity (Wildman–Crippen MR) is 65.5 cm³/mol. The largest absolute Gasteiger partial charge is 0.371 e. The first-order valence-corrected chi connectivity index (χ1v) is 5.99. The third-order valence-corrected chi connectivity index (χ3v) is 3.38. The van der Waals surface area contributed by atoms with Crippen LogP contribution in [0.25, 0.3) is 0 Å². The van der Waals surface area contributed by atoms with E-state index in [2.05, 4.69) is 27.8 Å². The third-order valence-electron chi connectivity index (χ3n) is 2.88. The topological polar surface area (TPSA) is 20.3 Å². The van der Waals surface area contributed by atoms with Gasteiger partial charge in [0.25, 0.3) is 0 Å². The second-order valence-electron chi connectivity index (χ2n) is 4.16. The Hall–Kier alpha value is -0.830. The molecule has 15 heavy (non-hydrogen) atoms. The molecule has 0 radical (unpaired) electrons. The highest BCUT2D eigenvalue weighted by molar-refractivity contribution is 9.10. The lowest BCUT2D eigenvalue weighted by Gasteiger charge is -2.20. The van der Waals surface area contributed by atoms with Gasteiger partial charge in [-0.25, -0.2) is 0 Å². The fraction of sp³-hybridized carbons (Fsp3) is 0.417. The Bertz CT molecular complexity index is 378. The van der Waals surface area contributed by atoms with Gasteiger partial charge in [0.05, 0.1) is 0 Å². The molecule has 1 aromatic rings. The molecule has 1 unspecified atom stereocenters. The van der Waals surface area contributed by atoms with Crippen LogP contribution < -0.4 is 4.90 Å². The summed E-state index contributed by atoms with van der Waals surface area (Å²) in [5, 5.41) is 0. The van der Waals surface area contributed by atoms with Crippen LogP contribution in [-0.2, 0) is 0 Å². The number of benzene rings is 1. The van der Waals surface area contributed by atoms with Gasteiger partial charge in [0.1, 0.15) is 0 Å². The molecule has 2 nitrogen and oxygen atoms in total. The Balaban J connectivity index is 2.33. The molecule has 1 aliphatic heterocycles. The van der Waals surface area contributed by atoms with Gasteiger partial charge in [-0.05, 0) is 30.5 Å². The lowest BCUT2D eigenvalue weighted by atomic mass is 10.1. The maximum atomic E-state index is 10.9. The average Bonchev–Trinajstić information content (AvgIpc) is 2.65. The van der Waals surface area contributed by atoms with Crippen molar-refractivity contribution in [3.8, 4) is 0 Å². The molecule has 2 rings (SSSR count). The molecule has 0 aliphatic carbocycles. The number of aldehydes is 1. The van der Waals surface area contributed by atoms with E-state index in [0.29, 0.717) is 0 Å². The fourth-order valence-electron chi connectivity index (χ4n) is 2.04. The summed E-state index contributed by atoms with van der Waals surface area (Å²) >= 11 is 3.45. The zero-order valence-electron chi connectivity index (χ0n) is 8.74. The van der Waals surface area contributed by atoms with E-state index in [-0.39, 0.29) is 0 Å². The van der Waals surface area contributed by atoms with Crippen molar-refractivity contribution in [1.82, 2.24) is 0 Å². The molecule has 1 aromatic carbocycles. The molecule has 0 saturated carbocycles. The Labute approximate surface area is 98.4 Å². The molecule has 1 saturated heterocycles. The van der Waals surface area contributed by atoms with Gasteiger partial charge in [-0.3, -0.25) is 4.79 Å². The summed E-state index contributed by atoms with van der Waals surface area (Å²) in [4.78, 5) is 13.2. The first kappa shape index (κ1) is 10.7. The van der Waals surface area contributed by atoms with Crippen LogP contribution in [0.1, 0.15) is 23.7 Å². The van der Waals surface area contributed by atoms with E-state index < -0.39 is 0 Å². The molecule has 0 N–H and O–H groups in total. The summed E-state index contributed by atoms with van der Waals surface area (Å²) in [6, 6.07) is 5.81. The van der Waals surface area contributed by atoms with E-state index in [9.17, 15) is 4.79 Å². The molecule has 0 amide bonds. The standard InChI is InChI=1S/C12H14BrNO/c1-9-4-5-14(7-9)12-6-11(13)3-2-10(12)8-15/h2-3,6,8-9H,4-5,7H2,1H3. The predicted octanol–water partition coefficient (Wildman–Crippen LogP) is 3.11. The highest BCUT2D eigenvalue weighted by Crippen LogP contribution is 2.28. The number of nitrogens with zero attached hydrogens (tertiary/aromatic N) is 1. The highest BCUT2D eigenvalue weighted by atomic mass is 79.9. The van der Waals surface area contributed by atoms with Crippen molar-refractivity contribution in [3.63, 3.8) is 0 Å². The molecule has 1 atom stereocenters. The number of carbonyl (C=O) groups is 1. The van der Waals surface area contributed by atoms with Crippen molar-refractivity contribution in [2.75, 3.05) is 18.0 Å². The van der Waals surface area contributed by atoms with Crippen LogP contribution in [0.15, 0.2) is 22.7 Å². The minimum atomic E-state index is 0.725. The maximum absolute atomic E-state index is 10.9. The number of anilines is 1. The molecule has 0 spiro atoms. The Morgan fingerprint density at radius 3 is 2.93 bits per heavy atom. The molecule has 1 heterocycles.